The second-order valence-electron chi connectivity index (χ2n) is 3.84. The Morgan fingerprint density at radius 3 is 3.13 bits per heavy atom. The Kier molecular flexibility index (Phi) is 2.73. The first-order valence-corrected chi connectivity index (χ1v) is 5.09. The largest absolute Gasteiger partial charge is 0.481 e. The Hall–Kier alpha value is -1.36. The van der Waals surface area contributed by atoms with Crippen LogP contribution in [0.4, 0.5) is 0 Å². The van der Waals surface area contributed by atoms with Crippen LogP contribution in [0.15, 0.2) is 6.20 Å². The molecular formula is C10H14N2O3. The third kappa shape index (κ3) is 2.02. The lowest BCUT2D eigenvalue weighted by Crippen LogP contribution is -2.25. The monoisotopic (exact) mass is 210 g/mol. The lowest BCUT2D eigenvalue weighted by molar-refractivity contribution is -0.142. The number of imidazole rings is 1. The molecule has 1 aliphatic heterocycles. The minimum absolute atomic E-state index is 0.0822. The molecule has 0 bridgehead atoms. The Labute approximate surface area is 87.4 Å². The highest BCUT2D eigenvalue weighted by Crippen LogP contribution is 2.20. The average Bonchev–Trinajstić information content (AvgIpc) is 2.59. The molecule has 0 saturated heterocycles. The first-order valence-electron chi connectivity index (χ1n) is 5.09. The first kappa shape index (κ1) is 10.2. The van der Waals surface area contributed by atoms with Gasteiger partial charge in [0.2, 0.25) is 0 Å². The van der Waals surface area contributed by atoms with Gasteiger partial charge in [0.25, 0.3) is 0 Å². The van der Waals surface area contributed by atoms with Gasteiger partial charge in [-0.05, 0) is 6.42 Å². The van der Waals surface area contributed by atoms with Crippen LogP contribution in [-0.2, 0) is 24.2 Å². The number of aryl methyl sites for hydroxylation is 1. The van der Waals surface area contributed by atoms with Crippen LogP contribution in [0.5, 0.6) is 0 Å². The van der Waals surface area contributed by atoms with Gasteiger partial charge < -0.3 is 14.8 Å². The van der Waals surface area contributed by atoms with Crippen molar-refractivity contribution in [3.8, 4) is 0 Å². The van der Waals surface area contributed by atoms with E-state index in [1.165, 1.54) is 0 Å². The molecule has 2 N–H and O–H groups in total. The van der Waals surface area contributed by atoms with Crippen molar-refractivity contribution in [3.05, 3.63) is 17.7 Å². The quantitative estimate of drug-likeness (QED) is 0.740. The van der Waals surface area contributed by atoms with Crippen LogP contribution in [0.2, 0.25) is 0 Å². The van der Waals surface area contributed by atoms with Gasteiger partial charge in [0.05, 0.1) is 11.6 Å². The number of aromatic nitrogens is 2. The van der Waals surface area contributed by atoms with E-state index < -0.39 is 5.97 Å². The van der Waals surface area contributed by atoms with Gasteiger partial charge in [-0.3, -0.25) is 4.79 Å². The van der Waals surface area contributed by atoms with Crippen LogP contribution in [0, 0.1) is 5.92 Å². The predicted molar refractivity (Wildman–Crippen MR) is 52.5 cm³/mol. The van der Waals surface area contributed by atoms with E-state index in [2.05, 4.69) is 4.98 Å². The zero-order chi connectivity index (χ0) is 10.8. The summed E-state index contributed by atoms with van der Waals surface area (Å²) >= 11 is 0. The number of carboxylic acids is 1. The van der Waals surface area contributed by atoms with Crippen molar-refractivity contribution in [3.63, 3.8) is 0 Å². The molecule has 0 aromatic carbocycles. The number of aliphatic hydroxyl groups is 1. The molecule has 1 atom stereocenters. The Balaban J connectivity index is 2.15. The topological polar surface area (TPSA) is 75.3 Å². The molecule has 5 heteroatoms. The predicted octanol–water partition coefficient (Wildman–Crippen LogP) is 0.0649. The molecule has 1 unspecified atom stereocenters. The number of carboxylic acid groups (broad SMARTS) is 1. The number of nitrogens with zero attached hydrogens (tertiary/aromatic N) is 2. The molecule has 82 valence electrons. The lowest BCUT2D eigenvalue weighted by atomic mass is 9.98. The molecule has 0 spiro atoms. The third-order valence-electron chi connectivity index (χ3n) is 2.77. The molecule has 0 saturated carbocycles. The summed E-state index contributed by atoms with van der Waals surface area (Å²) < 4.78 is 1.99. The van der Waals surface area contributed by atoms with E-state index in [4.69, 9.17) is 10.2 Å². The molecule has 2 heterocycles. The number of aliphatic carboxylic acids is 1. The van der Waals surface area contributed by atoms with Crippen molar-refractivity contribution in [1.29, 1.82) is 0 Å². The summed E-state index contributed by atoms with van der Waals surface area (Å²) in [5, 5.41) is 17.7. The maximum Gasteiger partial charge on any atom is 0.307 e. The van der Waals surface area contributed by atoms with Gasteiger partial charge in [-0.2, -0.15) is 0 Å². The highest BCUT2D eigenvalue weighted by molar-refractivity contribution is 5.70. The first-order chi connectivity index (χ1) is 7.20. The van der Waals surface area contributed by atoms with Gasteiger partial charge in [-0.1, -0.05) is 0 Å². The fourth-order valence-electron chi connectivity index (χ4n) is 1.93. The molecule has 1 aromatic heterocycles. The van der Waals surface area contributed by atoms with Crippen LogP contribution >= 0.6 is 0 Å². The summed E-state index contributed by atoms with van der Waals surface area (Å²) in [6.45, 7) is 0.795. The fourth-order valence-corrected chi connectivity index (χ4v) is 1.93. The smallest absolute Gasteiger partial charge is 0.307 e. The minimum Gasteiger partial charge on any atom is -0.481 e. The van der Waals surface area contributed by atoms with Crippen LogP contribution in [0.3, 0.4) is 0 Å². The number of hydrogen-bond donors (Lipinski definition) is 2. The maximum atomic E-state index is 10.8. The highest BCUT2D eigenvalue weighted by atomic mass is 16.4. The lowest BCUT2D eigenvalue weighted by Gasteiger charge is -2.19. The Morgan fingerprint density at radius 1 is 1.67 bits per heavy atom. The van der Waals surface area contributed by atoms with E-state index in [1.807, 2.05) is 10.8 Å². The molecule has 15 heavy (non-hydrogen) atoms. The molecule has 5 nitrogen and oxygen atoms in total. The van der Waals surface area contributed by atoms with Crippen LogP contribution in [0.1, 0.15) is 17.9 Å². The van der Waals surface area contributed by atoms with E-state index in [9.17, 15) is 4.79 Å². The highest BCUT2D eigenvalue weighted by Gasteiger charge is 2.25. The molecular weight excluding hydrogens is 196 g/mol. The number of fused-ring (bicyclic) bond motifs is 1. The molecule has 0 fully saturated rings. The van der Waals surface area contributed by atoms with Gasteiger partial charge in [0.15, 0.2) is 0 Å². The molecule has 2 rings (SSSR count). The van der Waals surface area contributed by atoms with E-state index >= 15 is 0 Å². The summed E-state index contributed by atoms with van der Waals surface area (Å²) in [6.07, 6.45) is 3.61. The normalized spacial score (nSPS) is 19.9. The van der Waals surface area contributed by atoms with Crippen molar-refractivity contribution in [2.45, 2.75) is 25.8 Å². The molecule has 0 amide bonds. The van der Waals surface area contributed by atoms with E-state index in [0.717, 1.165) is 11.5 Å². The zero-order valence-corrected chi connectivity index (χ0v) is 8.39. The average molecular weight is 210 g/mol. The summed E-state index contributed by atoms with van der Waals surface area (Å²) in [4.78, 5) is 15.1. The Morgan fingerprint density at radius 2 is 2.47 bits per heavy atom. The second-order valence-corrected chi connectivity index (χ2v) is 3.84. The van der Waals surface area contributed by atoms with Crippen LogP contribution in [-0.4, -0.2) is 32.3 Å². The van der Waals surface area contributed by atoms with Gasteiger partial charge >= 0.3 is 5.97 Å². The van der Waals surface area contributed by atoms with Gasteiger partial charge in [-0.25, -0.2) is 4.98 Å². The van der Waals surface area contributed by atoms with Crippen LogP contribution in [0.25, 0.3) is 0 Å². The van der Waals surface area contributed by atoms with Crippen LogP contribution < -0.4 is 0 Å². The summed E-state index contributed by atoms with van der Waals surface area (Å²) in [7, 11) is 0. The van der Waals surface area contributed by atoms with Crippen molar-refractivity contribution < 1.29 is 15.0 Å². The number of aliphatic hydroxyl groups excluding tert-OH is 1. The zero-order valence-electron chi connectivity index (χ0n) is 8.39. The standard InChI is InChI=1S/C10H14N2O3/c13-4-2-8-6-12-3-1-7(10(14)15)5-9(12)11-8/h6-7,13H,1-5H2,(H,14,15). The van der Waals surface area contributed by atoms with E-state index in [-0.39, 0.29) is 12.5 Å². The van der Waals surface area contributed by atoms with Gasteiger partial charge in [0, 0.05) is 32.2 Å². The number of hydrogen-bond acceptors (Lipinski definition) is 3. The summed E-state index contributed by atoms with van der Waals surface area (Å²) in [5.41, 5.74) is 0.846. The van der Waals surface area contributed by atoms with Crippen molar-refractivity contribution in [2.24, 2.45) is 5.92 Å². The van der Waals surface area contributed by atoms with Gasteiger partial charge in [-0.15, -0.1) is 0 Å². The van der Waals surface area contributed by atoms with Gasteiger partial charge in [0.1, 0.15) is 5.82 Å². The molecule has 0 radical (unpaired) electrons. The SMILES string of the molecule is O=C(O)C1CCn2cc(CCO)nc2C1. The summed E-state index contributed by atoms with van der Waals surface area (Å²) in [6, 6.07) is 0. The number of rotatable bonds is 3. The van der Waals surface area contributed by atoms with Crippen molar-refractivity contribution in [1.82, 2.24) is 9.55 Å². The second kappa shape index (κ2) is 4.02. The van der Waals surface area contributed by atoms with E-state index in [0.29, 0.717) is 25.8 Å². The molecule has 1 aliphatic rings. The molecule has 1 aromatic rings. The fraction of sp³-hybridized carbons (Fsp3) is 0.600. The van der Waals surface area contributed by atoms with E-state index in [1.54, 1.807) is 0 Å². The Bertz CT molecular complexity index is 373. The van der Waals surface area contributed by atoms with Crippen molar-refractivity contribution in [2.75, 3.05) is 6.61 Å². The number of carbonyl (C=O) groups is 1. The third-order valence-corrected chi connectivity index (χ3v) is 2.77. The van der Waals surface area contributed by atoms with Crippen molar-refractivity contribution >= 4 is 5.97 Å². The maximum absolute atomic E-state index is 10.8. The molecule has 0 aliphatic carbocycles. The minimum atomic E-state index is -0.743. The summed E-state index contributed by atoms with van der Waals surface area (Å²) in [5.74, 6) is -0.216.